The van der Waals surface area contributed by atoms with Crippen LogP contribution in [0.1, 0.15) is 17.3 Å². The molecular formula is C17H15Br2N3O3. The molecule has 1 heterocycles. The van der Waals surface area contributed by atoms with Crippen LogP contribution in [0.5, 0.6) is 11.5 Å². The van der Waals surface area contributed by atoms with Crippen molar-refractivity contribution < 1.29 is 14.3 Å². The van der Waals surface area contributed by atoms with Gasteiger partial charge in [0.15, 0.2) is 6.61 Å². The molecule has 0 bridgehead atoms. The molecule has 0 N–H and O–H groups in total. The number of halogens is 2. The van der Waals surface area contributed by atoms with E-state index in [2.05, 4.69) is 42.2 Å². The van der Waals surface area contributed by atoms with Crippen molar-refractivity contribution in [3.63, 3.8) is 0 Å². The molecule has 0 saturated heterocycles. The predicted molar refractivity (Wildman–Crippen MR) is 101 cm³/mol. The molecule has 6 nitrogen and oxygen atoms in total. The molecule has 130 valence electrons. The lowest BCUT2D eigenvalue weighted by atomic mass is 10.2. The van der Waals surface area contributed by atoms with Gasteiger partial charge < -0.3 is 9.47 Å². The topological polar surface area (TPSA) is 66.2 Å². The summed E-state index contributed by atoms with van der Waals surface area (Å²) in [5.74, 6) is 1.01. The minimum absolute atomic E-state index is 0.146. The molecule has 0 aliphatic rings. The molecule has 0 unspecified atom stereocenters. The number of nitrogens with zero attached hydrogens (tertiary/aromatic N) is 3. The number of carbonyl (C=O) groups is 1. The SMILES string of the molecule is CCOc1ccc2c(c1)nnn2C(=O)COc1c(C)cc(Br)cc1Br. The van der Waals surface area contributed by atoms with Crippen molar-refractivity contribution >= 4 is 48.8 Å². The fourth-order valence-electron chi connectivity index (χ4n) is 2.41. The maximum absolute atomic E-state index is 12.5. The maximum atomic E-state index is 12.5. The number of hydrogen-bond donors (Lipinski definition) is 0. The molecule has 0 amide bonds. The number of aromatic nitrogens is 3. The van der Waals surface area contributed by atoms with Gasteiger partial charge in [0.2, 0.25) is 0 Å². The van der Waals surface area contributed by atoms with Crippen LogP contribution in [0, 0.1) is 6.92 Å². The molecule has 0 radical (unpaired) electrons. The Morgan fingerprint density at radius 3 is 2.72 bits per heavy atom. The zero-order chi connectivity index (χ0) is 18.0. The standard InChI is InChI=1S/C17H15Br2N3O3/c1-3-24-12-4-5-15-14(8-12)20-21-22(15)16(23)9-25-17-10(2)6-11(18)7-13(17)19/h4-8H,3,9H2,1-2H3. The van der Waals surface area contributed by atoms with Crippen molar-refractivity contribution in [1.29, 1.82) is 0 Å². The van der Waals surface area contributed by atoms with Gasteiger partial charge in [0.05, 0.1) is 16.6 Å². The van der Waals surface area contributed by atoms with E-state index in [0.29, 0.717) is 29.1 Å². The van der Waals surface area contributed by atoms with Crippen LogP contribution in [0.4, 0.5) is 0 Å². The molecule has 2 aromatic carbocycles. The van der Waals surface area contributed by atoms with Gasteiger partial charge in [0, 0.05) is 10.5 Å². The highest BCUT2D eigenvalue weighted by atomic mass is 79.9. The normalized spacial score (nSPS) is 10.9. The summed E-state index contributed by atoms with van der Waals surface area (Å²) in [5.41, 5.74) is 2.13. The van der Waals surface area contributed by atoms with E-state index in [1.54, 1.807) is 18.2 Å². The van der Waals surface area contributed by atoms with E-state index in [9.17, 15) is 4.79 Å². The molecule has 0 spiro atoms. The third kappa shape index (κ3) is 3.85. The third-order valence-electron chi connectivity index (χ3n) is 3.50. The van der Waals surface area contributed by atoms with Crippen LogP contribution < -0.4 is 9.47 Å². The van der Waals surface area contributed by atoms with Crippen molar-refractivity contribution in [3.05, 3.63) is 44.8 Å². The van der Waals surface area contributed by atoms with Crippen LogP contribution in [0.25, 0.3) is 11.0 Å². The molecule has 3 aromatic rings. The Morgan fingerprint density at radius 1 is 1.20 bits per heavy atom. The Hall–Kier alpha value is -1.93. The van der Waals surface area contributed by atoms with Crippen LogP contribution in [-0.2, 0) is 0 Å². The van der Waals surface area contributed by atoms with Crippen LogP contribution >= 0.6 is 31.9 Å². The molecule has 0 aliphatic carbocycles. The minimum Gasteiger partial charge on any atom is -0.494 e. The summed E-state index contributed by atoms with van der Waals surface area (Å²) in [7, 11) is 0. The average molecular weight is 469 g/mol. The second-order valence-electron chi connectivity index (χ2n) is 5.30. The molecule has 25 heavy (non-hydrogen) atoms. The van der Waals surface area contributed by atoms with Gasteiger partial charge in [-0.3, -0.25) is 4.79 Å². The number of ether oxygens (including phenoxy) is 2. The Balaban J connectivity index is 1.79. The van der Waals surface area contributed by atoms with Gasteiger partial charge in [-0.2, -0.15) is 4.68 Å². The Labute approximate surface area is 161 Å². The lowest BCUT2D eigenvalue weighted by molar-refractivity contribution is 0.0823. The van der Waals surface area contributed by atoms with Gasteiger partial charge >= 0.3 is 0 Å². The first kappa shape index (κ1) is 17.9. The first-order valence-corrected chi connectivity index (χ1v) is 9.18. The van der Waals surface area contributed by atoms with Crippen LogP contribution in [0.3, 0.4) is 0 Å². The number of fused-ring (bicyclic) bond motifs is 1. The highest BCUT2D eigenvalue weighted by Gasteiger charge is 2.15. The first-order chi connectivity index (χ1) is 12.0. The van der Waals surface area contributed by atoms with Gasteiger partial charge in [-0.05, 0) is 59.6 Å². The van der Waals surface area contributed by atoms with Crippen molar-refractivity contribution in [2.75, 3.05) is 13.2 Å². The summed E-state index contributed by atoms with van der Waals surface area (Å²) in [4.78, 5) is 12.5. The van der Waals surface area contributed by atoms with Crippen molar-refractivity contribution in [1.82, 2.24) is 15.0 Å². The second-order valence-corrected chi connectivity index (χ2v) is 7.07. The lowest BCUT2D eigenvalue weighted by Crippen LogP contribution is -2.20. The van der Waals surface area contributed by atoms with Gasteiger partial charge in [0.1, 0.15) is 17.0 Å². The Bertz CT molecular complexity index is 917. The van der Waals surface area contributed by atoms with E-state index in [4.69, 9.17) is 9.47 Å². The number of carbonyl (C=O) groups excluding carboxylic acids is 1. The minimum atomic E-state index is -0.305. The van der Waals surface area contributed by atoms with Crippen molar-refractivity contribution in [2.45, 2.75) is 13.8 Å². The summed E-state index contributed by atoms with van der Waals surface area (Å²) in [6.45, 7) is 4.24. The highest BCUT2D eigenvalue weighted by molar-refractivity contribution is 9.11. The fourth-order valence-corrected chi connectivity index (χ4v) is 3.96. The smallest absolute Gasteiger partial charge is 0.286 e. The number of rotatable bonds is 5. The van der Waals surface area contributed by atoms with Gasteiger partial charge in [-0.25, -0.2) is 0 Å². The molecule has 3 rings (SSSR count). The van der Waals surface area contributed by atoms with E-state index in [1.165, 1.54) is 4.68 Å². The molecule has 0 fully saturated rings. The third-order valence-corrected chi connectivity index (χ3v) is 4.55. The molecular weight excluding hydrogens is 454 g/mol. The second kappa shape index (κ2) is 7.53. The van der Waals surface area contributed by atoms with Gasteiger partial charge in [0.25, 0.3) is 5.91 Å². The first-order valence-electron chi connectivity index (χ1n) is 7.59. The Morgan fingerprint density at radius 2 is 2.00 bits per heavy atom. The fraction of sp³-hybridized carbons (Fsp3) is 0.235. The maximum Gasteiger partial charge on any atom is 0.286 e. The number of hydrogen-bond acceptors (Lipinski definition) is 5. The summed E-state index contributed by atoms with van der Waals surface area (Å²) in [6, 6.07) is 9.10. The quantitative estimate of drug-likeness (QED) is 0.555. The predicted octanol–water partition coefficient (Wildman–Crippen LogP) is 4.38. The number of aryl methyl sites for hydroxylation is 1. The van der Waals surface area contributed by atoms with Crippen LogP contribution in [0.2, 0.25) is 0 Å². The van der Waals surface area contributed by atoms with Gasteiger partial charge in [-0.15, -0.1) is 5.10 Å². The van der Waals surface area contributed by atoms with Crippen molar-refractivity contribution in [3.8, 4) is 11.5 Å². The van der Waals surface area contributed by atoms with Crippen LogP contribution in [-0.4, -0.2) is 34.1 Å². The van der Waals surface area contributed by atoms with Crippen molar-refractivity contribution in [2.24, 2.45) is 0 Å². The van der Waals surface area contributed by atoms with E-state index in [0.717, 1.165) is 14.5 Å². The molecule has 0 aliphatic heterocycles. The summed E-state index contributed by atoms with van der Waals surface area (Å²) < 4.78 is 14.1. The summed E-state index contributed by atoms with van der Waals surface area (Å²) in [6.07, 6.45) is 0. The Kier molecular flexibility index (Phi) is 5.39. The number of benzene rings is 2. The highest BCUT2D eigenvalue weighted by Crippen LogP contribution is 2.32. The van der Waals surface area contributed by atoms with E-state index in [-0.39, 0.29) is 12.5 Å². The van der Waals surface area contributed by atoms with Crippen LogP contribution in [0.15, 0.2) is 39.3 Å². The van der Waals surface area contributed by atoms with Gasteiger partial charge in [-0.1, -0.05) is 21.1 Å². The van der Waals surface area contributed by atoms with E-state index >= 15 is 0 Å². The molecule has 0 saturated carbocycles. The molecule has 1 aromatic heterocycles. The lowest BCUT2D eigenvalue weighted by Gasteiger charge is -2.11. The summed E-state index contributed by atoms with van der Waals surface area (Å²) >= 11 is 6.86. The molecule has 0 atom stereocenters. The molecule has 8 heteroatoms. The summed E-state index contributed by atoms with van der Waals surface area (Å²) in [5, 5.41) is 7.96. The average Bonchev–Trinajstić information content (AvgIpc) is 2.97. The largest absolute Gasteiger partial charge is 0.494 e. The monoisotopic (exact) mass is 467 g/mol. The zero-order valence-electron chi connectivity index (χ0n) is 13.6. The van der Waals surface area contributed by atoms with E-state index < -0.39 is 0 Å². The van der Waals surface area contributed by atoms with E-state index in [1.807, 2.05) is 26.0 Å². The zero-order valence-corrected chi connectivity index (χ0v) is 16.8.